The number of para-hydroxylation sites is 3. The molecule has 1 aliphatic rings. The fourth-order valence-corrected chi connectivity index (χ4v) is 5.73. The predicted molar refractivity (Wildman–Crippen MR) is 178 cm³/mol. The molecule has 4 heteroatoms. The molecule has 0 saturated carbocycles. The number of benzene rings is 5. The average molecular weight is 558 g/mol. The molecule has 0 radical (unpaired) electrons. The quantitative estimate of drug-likeness (QED) is 0.176. The van der Waals surface area contributed by atoms with Gasteiger partial charge < -0.3 is 15.1 Å². The van der Waals surface area contributed by atoms with Gasteiger partial charge in [0.15, 0.2) is 0 Å². The molecule has 1 aromatic heterocycles. The van der Waals surface area contributed by atoms with Gasteiger partial charge in [0.05, 0.1) is 11.8 Å². The van der Waals surface area contributed by atoms with Crippen molar-refractivity contribution in [3.63, 3.8) is 0 Å². The molecule has 6 aromatic rings. The van der Waals surface area contributed by atoms with Crippen molar-refractivity contribution >= 4 is 45.9 Å². The minimum atomic E-state index is 0.0267. The molecule has 1 unspecified atom stereocenters. The van der Waals surface area contributed by atoms with Crippen LogP contribution in [0.3, 0.4) is 0 Å². The third-order valence-corrected chi connectivity index (χ3v) is 7.68. The van der Waals surface area contributed by atoms with Crippen LogP contribution in [-0.2, 0) is 0 Å². The summed E-state index contributed by atoms with van der Waals surface area (Å²) in [5.41, 5.74) is 16.5. The molecular weight excluding hydrogens is 526 g/mol. The molecule has 1 atom stereocenters. The fraction of sp³-hybridized carbons (Fsp3) is 0.0513. The van der Waals surface area contributed by atoms with Gasteiger partial charge in [0.2, 0.25) is 0 Å². The van der Waals surface area contributed by atoms with Gasteiger partial charge in [-0.05, 0) is 58.7 Å². The molecule has 0 fully saturated rings. The highest BCUT2D eigenvalue weighted by Gasteiger charge is 2.21. The van der Waals surface area contributed by atoms with Crippen molar-refractivity contribution in [1.82, 2.24) is 0 Å². The lowest BCUT2D eigenvalue weighted by Crippen LogP contribution is -2.27. The largest absolute Gasteiger partial charge is 0.456 e. The van der Waals surface area contributed by atoms with Crippen LogP contribution >= 0.6 is 0 Å². The maximum atomic E-state index is 7.32. The Kier molecular flexibility index (Phi) is 7.63. The van der Waals surface area contributed by atoms with Crippen LogP contribution in [0.1, 0.15) is 35.1 Å². The van der Waals surface area contributed by atoms with Gasteiger partial charge in [-0.3, -0.25) is 0 Å². The first-order valence-corrected chi connectivity index (χ1v) is 14.2. The summed E-state index contributed by atoms with van der Waals surface area (Å²) in [4.78, 5) is 2.24. The Balaban J connectivity index is 0.00000105. The Morgan fingerprint density at radius 2 is 1.40 bits per heavy atom. The van der Waals surface area contributed by atoms with Crippen molar-refractivity contribution in [2.24, 2.45) is 0 Å². The summed E-state index contributed by atoms with van der Waals surface area (Å²) in [7, 11) is 0. The van der Waals surface area contributed by atoms with E-state index in [4.69, 9.17) is 15.4 Å². The third-order valence-electron chi connectivity index (χ3n) is 7.68. The average Bonchev–Trinajstić information content (AvgIpc) is 3.37. The summed E-state index contributed by atoms with van der Waals surface area (Å²) in [5, 5.41) is 9.43. The van der Waals surface area contributed by atoms with E-state index in [1.807, 2.05) is 42.5 Å². The van der Waals surface area contributed by atoms with Crippen molar-refractivity contribution in [3.8, 4) is 6.07 Å². The number of furan rings is 1. The van der Waals surface area contributed by atoms with Crippen LogP contribution in [0.5, 0.6) is 0 Å². The Hall–Kier alpha value is -5.79. The lowest BCUT2D eigenvalue weighted by Gasteiger charge is -2.26. The fourth-order valence-electron chi connectivity index (χ4n) is 5.73. The summed E-state index contributed by atoms with van der Waals surface area (Å²) in [6.45, 7) is 5.83. The van der Waals surface area contributed by atoms with Crippen LogP contribution in [0.4, 0.5) is 17.1 Å². The van der Waals surface area contributed by atoms with Crippen LogP contribution in [0.25, 0.3) is 28.8 Å². The first kappa shape index (κ1) is 27.4. The third kappa shape index (κ3) is 5.32. The van der Waals surface area contributed by atoms with Crippen LogP contribution in [0.15, 0.2) is 138 Å². The minimum Gasteiger partial charge on any atom is -0.456 e. The van der Waals surface area contributed by atoms with E-state index in [2.05, 4.69) is 109 Å². The minimum absolute atomic E-state index is 0.0267. The zero-order valence-corrected chi connectivity index (χ0v) is 23.9. The van der Waals surface area contributed by atoms with Gasteiger partial charge in [-0.25, -0.2) is 0 Å². The van der Waals surface area contributed by atoms with Crippen LogP contribution in [-0.4, -0.2) is 0 Å². The van der Waals surface area contributed by atoms with E-state index in [9.17, 15) is 0 Å². The van der Waals surface area contributed by atoms with Gasteiger partial charge in [-0.2, -0.15) is 5.26 Å². The van der Waals surface area contributed by atoms with Crippen LogP contribution in [0.2, 0.25) is 0 Å². The van der Waals surface area contributed by atoms with Crippen molar-refractivity contribution in [1.29, 1.82) is 5.26 Å². The van der Waals surface area contributed by atoms with Gasteiger partial charge in [-0.1, -0.05) is 104 Å². The molecule has 5 aromatic carbocycles. The molecule has 208 valence electrons. The predicted octanol–water partition coefficient (Wildman–Crippen LogP) is 8.11. The highest BCUT2D eigenvalue weighted by Crippen LogP contribution is 2.38. The first-order valence-electron chi connectivity index (χ1n) is 14.2. The number of hydrogen-bond acceptors (Lipinski definition) is 4. The molecule has 0 aliphatic carbocycles. The molecule has 2 heterocycles. The van der Waals surface area contributed by atoms with Gasteiger partial charge in [0.25, 0.3) is 0 Å². The zero-order chi connectivity index (χ0) is 29.8. The Bertz CT molecular complexity index is 2080. The molecule has 0 amide bonds. The molecule has 43 heavy (non-hydrogen) atoms. The Labute approximate surface area is 251 Å². The van der Waals surface area contributed by atoms with E-state index >= 15 is 0 Å². The maximum absolute atomic E-state index is 7.32. The van der Waals surface area contributed by atoms with Gasteiger partial charge in [0, 0.05) is 46.6 Å². The van der Waals surface area contributed by atoms with Crippen molar-refractivity contribution in [3.05, 3.63) is 167 Å². The number of hydrogen-bond donors (Lipinski definition) is 1. The van der Waals surface area contributed by atoms with E-state index in [1.54, 1.807) is 6.07 Å². The number of nitrogen functional groups attached to an aromatic ring is 1. The monoisotopic (exact) mass is 557 g/mol. The Morgan fingerprint density at radius 1 is 0.767 bits per heavy atom. The van der Waals surface area contributed by atoms with Crippen molar-refractivity contribution < 1.29 is 4.42 Å². The highest BCUT2D eigenvalue weighted by atomic mass is 16.3. The van der Waals surface area contributed by atoms with Gasteiger partial charge in [-0.15, -0.1) is 0 Å². The highest BCUT2D eigenvalue weighted by molar-refractivity contribution is 5.97. The number of nitrogens with zero attached hydrogens (tertiary/aromatic N) is 2. The van der Waals surface area contributed by atoms with Gasteiger partial charge in [0.1, 0.15) is 11.0 Å². The molecule has 0 spiro atoms. The normalized spacial score (nSPS) is 14.2. The van der Waals surface area contributed by atoms with Crippen LogP contribution in [0, 0.1) is 11.3 Å². The summed E-state index contributed by atoms with van der Waals surface area (Å²) in [5.74, 6) is 0.0267. The standard InChI is InChI=1S/C37H28N2O.C2H3N/c1-25-23-36-32(30-14-7-10-18-35(30)40-36)24-39(34-17-9-6-13-29(25)34)28-21-19-27(20-22-28)37(26-11-3-2-4-12-26)31-15-5-8-16-33(31)38;1-2-3/h2-24,37H,1,38H2;1H3/b32-24-,36-23+;. The summed E-state index contributed by atoms with van der Waals surface area (Å²) in [6.07, 6.45) is 4.22. The van der Waals surface area contributed by atoms with E-state index in [1.165, 1.54) is 18.1 Å². The second kappa shape index (κ2) is 12.0. The Morgan fingerprint density at radius 3 is 2.16 bits per heavy atom. The lowest BCUT2D eigenvalue weighted by molar-refractivity contribution is 0.576. The van der Waals surface area contributed by atoms with Gasteiger partial charge >= 0.3 is 0 Å². The summed E-state index contributed by atoms with van der Waals surface area (Å²) in [6, 6.07) is 45.8. The second-order valence-electron chi connectivity index (χ2n) is 10.3. The molecular formula is C39H31N3O. The number of fused-ring (bicyclic) bond motifs is 4. The SMILES string of the molecule is C=C1/C=c2/oc3ccccc3/c2=C/N(c2ccc(C(c3ccccc3)c3ccccc3N)cc2)c2ccccc21.CC#N. The second-order valence-corrected chi connectivity index (χ2v) is 10.3. The molecule has 0 bridgehead atoms. The van der Waals surface area contributed by atoms with E-state index in [-0.39, 0.29) is 5.92 Å². The summed E-state index contributed by atoms with van der Waals surface area (Å²) >= 11 is 0. The molecule has 1 aliphatic heterocycles. The molecule has 4 nitrogen and oxygen atoms in total. The van der Waals surface area contributed by atoms with E-state index in [0.29, 0.717) is 0 Å². The zero-order valence-electron chi connectivity index (χ0n) is 23.9. The lowest BCUT2D eigenvalue weighted by atomic mass is 9.84. The first-order chi connectivity index (χ1) is 21.1. The maximum Gasteiger partial charge on any atom is 0.137 e. The molecule has 7 rings (SSSR count). The number of anilines is 3. The number of rotatable bonds is 4. The van der Waals surface area contributed by atoms with Crippen molar-refractivity contribution in [2.75, 3.05) is 10.6 Å². The smallest absolute Gasteiger partial charge is 0.137 e. The number of allylic oxidation sites excluding steroid dienone is 1. The number of nitrogens with two attached hydrogens (primary N) is 1. The number of nitriles is 1. The van der Waals surface area contributed by atoms with Crippen molar-refractivity contribution in [2.45, 2.75) is 12.8 Å². The molecule has 0 saturated heterocycles. The molecule has 2 N–H and O–H groups in total. The van der Waals surface area contributed by atoms with E-state index < -0.39 is 0 Å². The topological polar surface area (TPSA) is 66.2 Å². The van der Waals surface area contributed by atoms with E-state index in [0.717, 1.165) is 55.4 Å². The van der Waals surface area contributed by atoms with Crippen LogP contribution < -0.4 is 21.3 Å². The summed E-state index contributed by atoms with van der Waals surface area (Å²) < 4.78 is 6.27.